The first-order chi connectivity index (χ1) is 13.3. The van der Waals surface area contributed by atoms with Gasteiger partial charge >= 0.3 is 0 Å². The van der Waals surface area contributed by atoms with Crippen molar-refractivity contribution in [2.45, 2.75) is 87.5 Å². The molecule has 6 N–H and O–H groups in total. The van der Waals surface area contributed by atoms with Crippen molar-refractivity contribution < 1.29 is 49.6 Å². The zero-order chi connectivity index (χ0) is 21.1. The fourth-order valence-electron chi connectivity index (χ4n) is 3.16. The van der Waals surface area contributed by atoms with Crippen molar-refractivity contribution in [3.63, 3.8) is 0 Å². The molecular formula is C18H36O10. The number of aliphatic hydroxyl groups excluding tert-OH is 6. The van der Waals surface area contributed by atoms with Crippen molar-refractivity contribution >= 4 is 0 Å². The first kappa shape index (κ1) is 25.6. The van der Waals surface area contributed by atoms with Crippen LogP contribution in [0.1, 0.15) is 38.5 Å². The third-order valence-corrected chi connectivity index (χ3v) is 4.85. The Hall–Kier alpha value is -0.400. The lowest BCUT2D eigenvalue weighted by Gasteiger charge is -2.38. The van der Waals surface area contributed by atoms with Gasteiger partial charge in [0.15, 0.2) is 6.29 Å². The molecule has 28 heavy (non-hydrogen) atoms. The van der Waals surface area contributed by atoms with E-state index >= 15 is 0 Å². The van der Waals surface area contributed by atoms with Crippen LogP contribution in [0.4, 0.5) is 0 Å². The Bertz CT molecular complexity index is 399. The van der Waals surface area contributed by atoms with Crippen LogP contribution < -0.4 is 0 Å². The van der Waals surface area contributed by atoms with E-state index in [-0.39, 0.29) is 26.1 Å². The van der Waals surface area contributed by atoms with Gasteiger partial charge in [-0.2, -0.15) is 0 Å². The molecule has 0 saturated carbocycles. The highest BCUT2D eigenvalue weighted by atomic mass is 16.7. The van der Waals surface area contributed by atoms with E-state index in [0.29, 0.717) is 19.4 Å². The van der Waals surface area contributed by atoms with E-state index in [1.54, 1.807) is 0 Å². The monoisotopic (exact) mass is 412 g/mol. The van der Waals surface area contributed by atoms with Crippen LogP contribution in [0.15, 0.2) is 0 Å². The minimum atomic E-state index is -1.53. The molecule has 1 aliphatic heterocycles. The lowest BCUT2D eigenvalue weighted by molar-refractivity contribution is -0.250. The molecule has 1 fully saturated rings. The lowest BCUT2D eigenvalue weighted by Crippen LogP contribution is -2.51. The summed E-state index contributed by atoms with van der Waals surface area (Å²) in [6, 6.07) is 0. The van der Waals surface area contributed by atoms with Crippen molar-refractivity contribution in [3.8, 4) is 0 Å². The van der Waals surface area contributed by atoms with Crippen LogP contribution in [0.25, 0.3) is 0 Å². The summed E-state index contributed by atoms with van der Waals surface area (Å²) in [5.41, 5.74) is 0. The molecule has 0 unspecified atom stereocenters. The van der Waals surface area contributed by atoms with E-state index in [1.807, 2.05) is 0 Å². The molecular weight excluding hydrogens is 376 g/mol. The van der Waals surface area contributed by atoms with E-state index in [1.165, 1.54) is 14.2 Å². The Morgan fingerprint density at radius 3 is 2.39 bits per heavy atom. The highest BCUT2D eigenvalue weighted by Gasteiger charge is 2.39. The summed E-state index contributed by atoms with van der Waals surface area (Å²) >= 11 is 0. The lowest BCUT2D eigenvalue weighted by atomic mass is 9.92. The topological polar surface area (TPSA) is 158 Å². The zero-order valence-electron chi connectivity index (χ0n) is 16.6. The number of aliphatic hydroxyl groups is 6. The van der Waals surface area contributed by atoms with Gasteiger partial charge in [-0.25, -0.2) is 0 Å². The molecule has 0 spiro atoms. The van der Waals surface area contributed by atoms with Crippen LogP contribution in [0, 0.1) is 0 Å². The maximum Gasteiger partial charge on any atom is 0.160 e. The summed E-state index contributed by atoms with van der Waals surface area (Å²) in [6.07, 6.45) is -7.52. The number of methoxy groups -OCH3 is 2. The predicted molar refractivity (Wildman–Crippen MR) is 97.2 cm³/mol. The van der Waals surface area contributed by atoms with Crippen molar-refractivity contribution in [1.82, 2.24) is 0 Å². The quantitative estimate of drug-likeness (QED) is 0.146. The maximum absolute atomic E-state index is 10.2. The summed E-state index contributed by atoms with van der Waals surface area (Å²) in [4.78, 5) is 0. The van der Waals surface area contributed by atoms with E-state index in [2.05, 4.69) is 0 Å². The third-order valence-electron chi connectivity index (χ3n) is 4.85. The van der Waals surface area contributed by atoms with Gasteiger partial charge in [-0.3, -0.25) is 0 Å². The Balaban J connectivity index is 2.35. The Morgan fingerprint density at radius 1 is 1.04 bits per heavy atom. The van der Waals surface area contributed by atoms with Crippen molar-refractivity contribution in [3.05, 3.63) is 0 Å². The van der Waals surface area contributed by atoms with E-state index in [9.17, 15) is 30.6 Å². The fourth-order valence-corrected chi connectivity index (χ4v) is 3.16. The average molecular weight is 412 g/mol. The van der Waals surface area contributed by atoms with Crippen LogP contribution in [0.2, 0.25) is 0 Å². The van der Waals surface area contributed by atoms with Crippen molar-refractivity contribution in [2.75, 3.05) is 27.6 Å². The van der Waals surface area contributed by atoms with Gasteiger partial charge in [0.05, 0.1) is 30.5 Å². The van der Waals surface area contributed by atoms with Gasteiger partial charge < -0.3 is 49.6 Å². The number of hydrogen-bond donors (Lipinski definition) is 6. The summed E-state index contributed by atoms with van der Waals surface area (Å²) < 4.78 is 20.3. The van der Waals surface area contributed by atoms with Crippen molar-refractivity contribution in [1.29, 1.82) is 0 Å². The van der Waals surface area contributed by atoms with Crippen LogP contribution in [0.5, 0.6) is 0 Å². The second-order valence-electron chi connectivity index (χ2n) is 7.19. The van der Waals surface area contributed by atoms with Gasteiger partial charge in [-0.1, -0.05) is 0 Å². The van der Waals surface area contributed by atoms with Gasteiger partial charge in [0.1, 0.15) is 19.0 Å². The predicted octanol–water partition coefficient (Wildman–Crippen LogP) is -1.52. The Labute approximate surface area is 165 Å². The molecule has 1 heterocycles. The molecule has 0 aliphatic carbocycles. The molecule has 8 atom stereocenters. The summed E-state index contributed by atoms with van der Waals surface area (Å²) in [5.74, 6) is 0. The number of ether oxygens (including phenoxy) is 4. The minimum Gasteiger partial charge on any atom is -0.393 e. The highest BCUT2D eigenvalue weighted by molar-refractivity contribution is 4.87. The van der Waals surface area contributed by atoms with Gasteiger partial charge in [-0.15, -0.1) is 0 Å². The largest absolute Gasteiger partial charge is 0.393 e. The van der Waals surface area contributed by atoms with Crippen LogP contribution in [-0.4, -0.2) is 107 Å². The highest BCUT2D eigenvalue weighted by Crippen LogP contribution is 2.25. The summed E-state index contributed by atoms with van der Waals surface area (Å²) in [7, 11) is 2.93. The molecule has 0 radical (unpaired) electrons. The molecule has 10 heteroatoms. The molecule has 1 saturated heterocycles. The fraction of sp³-hybridized carbons (Fsp3) is 1.00. The number of unbranched alkanes of at least 4 members (excludes halogenated alkanes) is 1. The molecule has 0 aromatic heterocycles. The molecule has 1 aliphatic rings. The normalized spacial score (nSPS) is 30.0. The molecule has 0 amide bonds. The molecule has 168 valence electrons. The van der Waals surface area contributed by atoms with Gasteiger partial charge in [-0.05, 0) is 19.3 Å². The Kier molecular flexibility index (Phi) is 12.6. The SMILES string of the molecule is COCOCCCC[C@@H](O)C[C@@H](O)[C@H](O)[C@@H](O)C[C@H]1O[C@H](OC)C[C@@H](O)[C@@H]1O. The molecule has 0 aromatic carbocycles. The van der Waals surface area contributed by atoms with Crippen LogP contribution >= 0.6 is 0 Å². The standard InChI is InChI=1S/C18H36O10/c1-25-10-27-6-4-3-5-11(19)7-12(20)17(23)13(21)8-15-18(24)14(22)9-16(26-2)28-15/h11-24H,3-10H2,1-2H3/t11-,12-,13+,14-,15-,16+,17+,18+/m1/s1. The smallest absolute Gasteiger partial charge is 0.160 e. The zero-order valence-corrected chi connectivity index (χ0v) is 16.6. The molecule has 0 aromatic rings. The molecule has 10 nitrogen and oxygen atoms in total. The van der Waals surface area contributed by atoms with Crippen molar-refractivity contribution in [2.24, 2.45) is 0 Å². The maximum atomic E-state index is 10.2. The minimum absolute atomic E-state index is 0.0954. The number of hydrogen-bond acceptors (Lipinski definition) is 10. The Morgan fingerprint density at radius 2 is 1.75 bits per heavy atom. The summed E-state index contributed by atoms with van der Waals surface area (Å²) in [6.45, 7) is 0.718. The van der Waals surface area contributed by atoms with E-state index in [0.717, 1.165) is 6.42 Å². The van der Waals surface area contributed by atoms with E-state index in [4.69, 9.17) is 18.9 Å². The second kappa shape index (κ2) is 13.8. The van der Waals surface area contributed by atoms with Crippen LogP contribution in [-0.2, 0) is 18.9 Å². The third kappa shape index (κ3) is 8.95. The van der Waals surface area contributed by atoms with Gasteiger partial charge in [0, 0.05) is 40.1 Å². The van der Waals surface area contributed by atoms with Gasteiger partial charge in [0.2, 0.25) is 0 Å². The molecule has 1 rings (SSSR count). The van der Waals surface area contributed by atoms with E-state index < -0.39 is 49.0 Å². The molecule has 0 bridgehead atoms. The second-order valence-corrected chi connectivity index (χ2v) is 7.19. The van der Waals surface area contributed by atoms with Gasteiger partial charge in [0.25, 0.3) is 0 Å². The summed E-state index contributed by atoms with van der Waals surface area (Å²) in [5, 5.41) is 60.2. The average Bonchev–Trinajstić information content (AvgIpc) is 2.67. The first-order valence-electron chi connectivity index (χ1n) is 9.63. The van der Waals surface area contributed by atoms with Crippen LogP contribution in [0.3, 0.4) is 0 Å². The number of rotatable bonds is 14. The first-order valence-corrected chi connectivity index (χ1v) is 9.63.